The molecule has 0 unspecified atom stereocenters. The standard InChI is InChI=1S/C14H13BrFNO2/c1-19-13-4-2-3-9(14(13)18)8-17-12-7-10(15)5-6-11(12)16/h2-7,17-18H,8H2,1H3. The quantitative estimate of drug-likeness (QED) is 0.895. The maximum Gasteiger partial charge on any atom is 0.162 e. The zero-order chi connectivity index (χ0) is 13.8. The van der Waals surface area contributed by atoms with Gasteiger partial charge in [-0.25, -0.2) is 4.39 Å². The van der Waals surface area contributed by atoms with Gasteiger partial charge in [0.25, 0.3) is 0 Å². The lowest BCUT2D eigenvalue weighted by molar-refractivity contribution is 0.371. The van der Waals surface area contributed by atoms with E-state index in [1.807, 2.05) is 0 Å². The van der Waals surface area contributed by atoms with Gasteiger partial charge >= 0.3 is 0 Å². The molecule has 0 radical (unpaired) electrons. The fourth-order valence-electron chi connectivity index (χ4n) is 1.70. The van der Waals surface area contributed by atoms with Crippen molar-refractivity contribution < 1.29 is 14.2 Å². The highest BCUT2D eigenvalue weighted by molar-refractivity contribution is 9.10. The molecule has 19 heavy (non-hydrogen) atoms. The Bertz CT molecular complexity index is 590. The molecule has 0 heterocycles. The molecule has 0 saturated heterocycles. The Labute approximate surface area is 119 Å². The van der Waals surface area contributed by atoms with Crippen molar-refractivity contribution in [3.8, 4) is 11.5 Å². The Kier molecular flexibility index (Phi) is 4.27. The molecule has 0 amide bonds. The number of para-hydroxylation sites is 1. The number of phenolic OH excluding ortho intramolecular Hbond substituents is 1. The zero-order valence-electron chi connectivity index (χ0n) is 10.3. The van der Waals surface area contributed by atoms with Gasteiger partial charge in [-0.3, -0.25) is 0 Å². The summed E-state index contributed by atoms with van der Waals surface area (Å²) in [5.41, 5.74) is 1.01. The molecule has 3 nitrogen and oxygen atoms in total. The van der Waals surface area contributed by atoms with E-state index in [0.717, 1.165) is 4.47 Å². The van der Waals surface area contributed by atoms with E-state index < -0.39 is 0 Å². The van der Waals surface area contributed by atoms with Gasteiger partial charge in [0.1, 0.15) is 5.82 Å². The fraction of sp³-hybridized carbons (Fsp3) is 0.143. The summed E-state index contributed by atoms with van der Waals surface area (Å²) >= 11 is 3.28. The van der Waals surface area contributed by atoms with Crippen molar-refractivity contribution in [1.29, 1.82) is 0 Å². The van der Waals surface area contributed by atoms with Gasteiger partial charge in [-0.15, -0.1) is 0 Å². The Hall–Kier alpha value is -1.75. The third kappa shape index (κ3) is 3.17. The molecule has 0 aromatic heterocycles. The first-order chi connectivity index (χ1) is 9.11. The van der Waals surface area contributed by atoms with E-state index in [1.54, 1.807) is 30.3 Å². The molecular weight excluding hydrogens is 313 g/mol. The van der Waals surface area contributed by atoms with Crippen LogP contribution in [0.4, 0.5) is 10.1 Å². The third-order valence-electron chi connectivity index (χ3n) is 2.70. The summed E-state index contributed by atoms with van der Waals surface area (Å²) in [6.45, 7) is 0.302. The highest BCUT2D eigenvalue weighted by Gasteiger charge is 2.08. The van der Waals surface area contributed by atoms with Crippen LogP contribution in [0.1, 0.15) is 5.56 Å². The number of anilines is 1. The van der Waals surface area contributed by atoms with E-state index in [2.05, 4.69) is 21.2 Å². The number of phenols is 1. The molecule has 0 aliphatic heterocycles. The van der Waals surface area contributed by atoms with Crippen LogP contribution in [-0.4, -0.2) is 12.2 Å². The van der Waals surface area contributed by atoms with E-state index in [4.69, 9.17) is 4.74 Å². The van der Waals surface area contributed by atoms with Crippen LogP contribution in [0.5, 0.6) is 11.5 Å². The van der Waals surface area contributed by atoms with E-state index >= 15 is 0 Å². The van der Waals surface area contributed by atoms with Crippen molar-refractivity contribution in [1.82, 2.24) is 0 Å². The predicted molar refractivity (Wildman–Crippen MR) is 76.1 cm³/mol. The van der Waals surface area contributed by atoms with Gasteiger partial charge in [-0.1, -0.05) is 28.1 Å². The first-order valence-corrected chi connectivity index (χ1v) is 6.45. The van der Waals surface area contributed by atoms with Crippen LogP contribution in [0.25, 0.3) is 0 Å². The number of hydrogen-bond acceptors (Lipinski definition) is 3. The average molecular weight is 326 g/mol. The van der Waals surface area contributed by atoms with Gasteiger partial charge < -0.3 is 15.2 Å². The average Bonchev–Trinajstić information content (AvgIpc) is 2.41. The van der Waals surface area contributed by atoms with E-state index in [9.17, 15) is 9.50 Å². The minimum Gasteiger partial charge on any atom is -0.504 e. The van der Waals surface area contributed by atoms with Gasteiger partial charge in [0, 0.05) is 16.6 Å². The second-order valence-corrected chi connectivity index (χ2v) is 4.86. The van der Waals surface area contributed by atoms with E-state index in [1.165, 1.54) is 13.2 Å². The van der Waals surface area contributed by atoms with Crippen LogP contribution < -0.4 is 10.1 Å². The normalized spacial score (nSPS) is 10.3. The summed E-state index contributed by atoms with van der Waals surface area (Å²) in [4.78, 5) is 0. The number of halogens is 2. The van der Waals surface area contributed by atoms with Crippen LogP contribution in [0.3, 0.4) is 0 Å². The Balaban J connectivity index is 2.17. The molecule has 100 valence electrons. The molecule has 2 rings (SSSR count). The summed E-state index contributed by atoms with van der Waals surface area (Å²) in [6.07, 6.45) is 0. The predicted octanol–water partition coefficient (Wildman–Crippen LogP) is 3.91. The number of benzene rings is 2. The molecule has 0 aliphatic rings. The largest absolute Gasteiger partial charge is 0.504 e. The number of hydrogen-bond donors (Lipinski definition) is 2. The van der Waals surface area contributed by atoms with Gasteiger partial charge in [-0.05, 0) is 24.3 Å². The van der Waals surface area contributed by atoms with Crippen molar-refractivity contribution in [3.05, 3.63) is 52.3 Å². The smallest absolute Gasteiger partial charge is 0.162 e. The molecule has 0 fully saturated rings. The molecule has 0 saturated carbocycles. The Morgan fingerprint density at radius 1 is 1.32 bits per heavy atom. The van der Waals surface area contributed by atoms with Crippen LogP contribution in [0.2, 0.25) is 0 Å². The van der Waals surface area contributed by atoms with Gasteiger partial charge in [0.05, 0.1) is 12.8 Å². The van der Waals surface area contributed by atoms with E-state index in [0.29, 0.717) is 23.5 Å². The third-order valence-corrected chi connectivity index (χ3v) is 3.19. The topological polar surface area (TPSA) is 41.5 Å². The first kappa shape index (κ1) is 13.7. The molecule has 5 heteroatoms. The maximum absolute atomic E-state index is 13.5. The van der Waals surface area contributed by atoms with Crippen LogP contribution in [-0.2, 0) is 6.54 Å². The van der Waals surface area contributed by atoms with Crippen molar-refractivity contribution in [2.45, 2.75) is 6.54 Å². The summed E-state index contributed by atoms with van der Waals surface area (Å²) in [7, 11) is 1.49. The number of aromatic hydroxyl groups is 1. The number of methoxy groups -OCH3 is 1. The van der Waals surface area contributed by atoms with Crippen molar-refractivity contribution in [3.63, 3.8) is 0 Å². The highest BCUT2D eigenvalue weighted by atomic mass is 79.9. The highest BCUT2D eigenvalue weighted by Crippen LogP contribution is 2.30. The summed E-state index contributed by atoms with van der Waals surface area (Å²) in [5, 5.41) is 12.9. The fourth-order valence-corrected chi connectivity index (χ4v) is 2.06. The lowest BCUT2D eigenvalue weighted by atomic mass is 10.2. The van der Waals surface area contributed by atoms with Gasteiger partial charge in [0.15, 0.2) is 11.5 Å². The van der Waals surface area contributed by atoms with Crippen LogP contribution in [0, 0.1) is 5.82 Å². The Morgan fingerprint density at radius 2 is 2.11 bits per heavy atom. The number of rotatable bonds is 4. The van der Waals surface area contributed by atoms with Crippen molar-refractivity contribution in [2.75, 3.05) is 12.4 Å². The first-order valence-electron chi connectivity index (χ1n) is 5.65. The minimum absolute atomic E-state index is 0.0629. The molecule has 2 N–H and O–H groups in total. The minimum atomic E-state index is -0.342. The summed E-state index contributed by atoms with van der Waals surface area (Å²) < 4.78 is 19.4. The van der Waals surface area contributed by atoms with Gasteiger partial charge in [-0.2, -0.15) is 0 Å². The van der Waals surface area contributed by atoms with Crippen LogP contribution >= 0.6 is 15.9 Å². The number of nitrogens with one attached hydrogen (secondary N) is 1. The zero-order valence-corrected chi connectivity index (χ0v) is 11.9. The molecule has 2 aromatic rings. The second-order valence-electron chi connectivity index (χ2n) is 3.95. The lowest BCUT2D eigenvalue weighted by Gasteiger charge is -2.11. The molecule has 0 spiro atoms. The van der Waals surface area contributed by atoms with Crippen molar-refractivity contribution in [2.24, 2.45) is 0 Å². The lowest BCUT2D eigenvalue weighted by Crippen LogP contribution is -2.02. The Morgan fingerprint density at radius 3 is 2.84 bits per heavy atom. The monoisotopic (exact) mass is 325 g/mol. The molecular formula is C14H13BrFNO2. The molecule has 0 aliphatic carbocycles. The molecule has 0 atom stereocenters. The second kappa shape index (κ2) is 5.93. The SMILES string of the molecule is COc1cccc(CNc2cc(Br)ccc2F)c1O. The molecule has 2 aromatic carbocycles. The van der Waals surface area contributed by atoms with Gasteiger partial charge in [0.2, 0.25) is 0 Å². The van der Waals surface area contributed by atoms with Crippen LogP contribution in [0.15, 0.2) is 40.9 Å². The van der Waals surface area contributed by atoms with E-state index in [-0.39, 0.29) is 11.6 Å². The summed E-state index contributed by atoms with van der Waals surface area (Å²) in [6, 6.07) is 9.83. The number of ether oxygens (including phenoxy) is 1. The maximum atomic E-state index is 13.5. The molecule has 0 bridgehead atoms. The summed E-state index contributed by atoms with van der Waals surface area (Å²) in [5.74, 6) is 0.118. The van der Waals surface area contributed by atoms with Crippen molar-refractivity contribution >= 4 is 21.6 Å².